The molecular formula is C8H10F3N3OS. The fraction of sp³-hybridized carbons (Fsp3) is 0.625. The maximum Gasteiger partial charge on any atom is 0.391 e. The van der Waals surface area contributed by atoms with Crippen LogP contribution in [0.2, 0.25) is 0 Å². The van der Waals surface area contributed by atoms with Gasteiger partial charge in [0.25, 0.3) is 5.91 Å². The van der Waals surface area contributed by atoms with Gasteiger partial charge in [-0.15, -0.1) is 5.10 Å². The molecule has 16 heavy (non-hydrogen) atoms. The molecule has 0 aliphatic heterocycles. The van der Waals surface area contributed by atoms with Crippen LogP contribution in [0.15, 0.2) is 5.38 Å². The molecule has 1 rings (SSSR count). The summed E-state index contributed by atoms with van der Waals surface area (Å²) in [5.41, 5.74) is 0.0469. The number of rotatable bonds is 4. The average molecular weight is 253 g/mol. The fourth-order valence-electron chi connectivity index (χ4n) is 1.10. The van der Waals surface area contributed by atoms with Crippen molar-refractivity contribution in [3.8, 4) is 0 Å². The molecule has 90 valence electrons. The molecule has 1 amide bonds. The second kappa shape index (κ2) is 5.24. The lowest BCUT2D eigenvalue weighted by molar-refractivity contribution is -0.139. The van der Waals surface area contributed by atoms with Crippen LogP contribution in [-0.4, -0.2) is 27.7 Å². The molecule has 1 unspecified atom stereocenters. The fourth-order valence-corrected chi connectivity index (χ4v) is 1.54. The van der Waals surface area contributed by atoms with Crippen molar-refractivity contribution in [1.29, 1.82) is 0 Å². The van der Waals surface area contributed by atoms with Gasteiger partial charge in [0.15, 0.2) is 5.69 Å². The van der Waals surface area contributed by atoms with E-state index in [4.69, 9.17) is 0 Å². The summed E-state index contributed by atoms with van der Waals surface area (Å²) < 4.78 is 39.8. The van der Waals surface area contributed by atoms with Gasteiger partial charge >= 0.3 is 6.18 Å². The molecule has 0 aromatic carbocycles. The maximum atomic E-state index is 12.1. The molecule has 1 atom stereocenters. The van der Waals surface area contributed by atoms with Gasteiger partial charge in [0.1, 0.15) is 0 Å². The first-order valence-electron chi connectivity index (χ1n) is 4.57. The third-order valence-electron chi connectivity index (χ3n) is 1.90. The zero-order valence-electron chi connectivity index (χ0n) is 8.41. The highest BCUT2D eigenvalue weighted by atomic mass is 32.1. The Morgan fingerprint density at radius 1 is 1.62 bits per heavy atom. The number of alkyl halides is 3. The highest BCUT2D eigenvalue weighted by molar-refractivity contribution is 7.03. The zero-order valence-corrected chi connectivity index (χ0v) is 9.23. The molecule has 0 fully saturated rings. The first-order valence-corrected chi connectivity index (χ1v) is 5.40. The van der Waals surface area contributed by atoms with Gasteiger partial charge in [-0.3, -0.25) is 4.79 Å². The minimum absolute atomic E-state index is 0.0469. The van der Waals surface area contributed by atoms with Gasteiger partial charge in [-0.05, 0) is 18.0 Å². The summed E-state index contributed by atoms with van der Waals surface area (Å²) in [6, 6.07) is -0.922. The predicted molar refractivity (Wildman–Crippen MR) is 52.1 cm³/mol. The molecule has 0 saturated carbocycles. The van der Waals surface area contributed by atoms with Crippen molar-refractivity contribution in [3.05, 3.63) is 11.1 Å². The van der Waals surface area contributed by atoms with E-state index in [-0.39, 0.29) is 12.1 Å². The summed E-state index contributed by atoms with van der Waals surface area (Å²) in [5, 5.41) is 7.13. The summed E-state index contributed by atoms with van der Waals surface area (Å²) in [6.07, 6.45) is -5.11. The van der Waals surface area contributed by atoms with Crippen LogP contribution >= 0.6 is 11.5 Å². The number of amides is 1. The molecule has 8 heteroatoms. The Morgan fingerprint density at radius 3 is 2.75 bits per heavy atom. The molecule has 1 N–H and O–H groups in total. The Balaban J connectivity index is 2.54. The third kappa shape index (κ3) is 4.13. The summed E-state index contributed by atoms with van der Waals surface area (Å²) in [5.74, 6) is -0.621. The Labute approximate surface area is 94.0 Å². The standard InChI is InChI=1S/C8H10F3N3OS/c1-2-5(3-8(9,10)11)12-7(15)6-4-16-14-13-6/h4-5H,2-3H2,1H3,(H,12,15). The number of carbonyl (C=O) groups is 1. The van der Waals surface area contributed by atoms with E-state index < -0.39 is 24.5 Å². The summed E-state index contributed by atoms with van der Waals surface area (Å²) in [4.78, 5) is 11.4. The van der Waals surface area contributed by atoms with E-state index in [9.17, 15) is 18.0 Å². The number of aromatic nitrogens is 2. The van der Waals surface area contributed by atoms with Crippen LogP contribution in [0.5, 0.6) is 0 Å². The van der Waals surface area contributed by atoms with Gasteiger partial charge in [0.2, 0.25) is 0 Å². The molecule has 1 aromatic heterocycles. The molecule has 0 bridgehead atoms. The number of nitrogens with one attached hydrogen (secondary N) is 1. The molecule has 0 spiro atoms. The zero-order chi connectivity index (χ0) is 12.2. The second-order valence-corrected chi connectivity index (χ2v) is 3.80. The van der Waals surface area contributed by atoms with Crippen LogP contribution in [0.3, 0.4) is 0 Å². The highest BCUT2D eigenvalue weighted by Crippen LogP contribution is 2.22. The van der Waals surface area contributed by atoms with Crippen molar-refractivity contribution in [2.75, 3.05) is 0 Å². The molecule has 0 radical (unpaired) electrons. The molecule has 1 heterocycles. The Kier molecular flexibility index (Phi) is 4.22. The van der Waals surface area contributed by atoms with E-state index in [1.165, 1.54) is 5.38 Å². The van der Waals surface area contributed by atoms with E-state index >= 15 is 0 Å². The number of carbonyl (C=O) groups excluding carboxylic acids is 1. The third-order valence-corrected chi connectivity index (χ3v) is 2.40. The van der Waals surface area contributed by atoms with Gasteiger partial charge in [0.05, 0.1) is 6.42 Å². The van der Waals surface area contributed by atoms with Crippen LogP contribution in [0, 0.1) is 0 Å². The van der Waals surface area contributed by atoms with Gasteiger partial charge in [0, 0.05) is 11.4 Å². The average Bonchev–Trinajstić information content (AvgIpc) is 2.67. The van der Waals surface area contributed by atoms with Crippen LogP contribution in [0.1, 0.15) is 30.3 Å². The van der Waals surface area contributed by atoms with E-state index in [1.54, 1.807) is 6.92 Å². The smallest absolute Gasteiger partial charge is 0.348 e. The van der Waals surface area contributed by atoms with E-state index in [2.05, 4.69) is 14.9 Å². The lowest BCUT2D eigenvalue weighted by atomic mass is 10.1. The van der Waals surface area contributed by atoms with Crippen molar-refractivity contribution < 1.29 is 18.0 Å². The summed E-state index contributed by atoms with van der Waals surface area (Å²) >= 11 is 0.972. The van der Waals surface area contributed by atoms with Crippen LogP contribution < -0.4 is 5.32 Å². The first kappa shape index (κ1) is 12.9. The number of halogens is 3. The second-order valence-electron chi connectivity index (χ2n) is 3.19. The SMILES string of the molecule is CCC(CC(F)(F)F)NC(=O)c1csnn1. The molecular weight excluding hydrogens is 243 g/mol. The summed E-state index contributed by atoms with van der Waals surface area (Å²) in [6.45, 7) is 1.58. The Hall–Kier alpha value is -1.18. The van der Waals surface area contributed by atoms with Gasteiger partial charge in [-0.1, -0.05) is 11.4 Å². The molecule has 0 aliphatic carbocycles. The van der Waals surface area contributed by atoms with E-state index in [0.29, 0.717) is 0 Å². The minimum atomic E-state index is -4.28. The van der Waals surface area contributed by atoms with E-state index in [0.717, 1.165) is 11.5 Å². The largest absolute Gasteiger partial charge is 0.391 e. The van der Waals surface area contributed by atoms with Gasteiger partial charge < -0.3 is 5.32 Å². The van der Waals surface area contributed by atoms with Crippen molar-refractivity contribution in [3.63, 3.8) is 0 Å². The van der Waals surface area contributed by atoms with Crippen molar-refractivity contribution in [2.24, 2.45) is 0 Å². The van der Waals surface area contributed by atoms with Crippen molar-refractivity contribution >= 4 is 17.4 Å². The molecule has 4 nitrogen and oxygen atoms in total. The Bertz CT molecular complexity index is 339. The van der Waals surface area contributed by atoms with Gasteiger partial charge in [-0.2, -0.15) is 13.2 Å². The van der Waals surface area contributed by atoms with Crippen LogP contribution in [-0.2, 0) is 0 Å². The number of nitrogens with zero attached hydrogens (tertiary/aromatic N) is 2. The normalized spacial score (nSPS) is 13.5. The highest BCUT2D eigenvalue weighted by Gasteiger charge is 2.32. The first-order chi connectivity index (χ1) is 7.42. The molecule has 0 saturated heterocycles. The minimum Gasteiger partial charge on any atom is -0.348 e. The molecule has 1 aromatic rings. The van der Waals surface area contributed by atoms with Crippen molar-refractivity contribution in [2.45, 2.75) is 32.0 Å². The number of hydrogen-bond acceptors (Lipinski definition) is 4. The van der Waals surface area contributed by atoms with Crippen LogP contribution in [0.25, 0.3) is 0 Å². The lowest BCUT2D eigenvalue weighted by Crippen LogP contribution is -2.37. The van der Waals surface area contributed by atoms with E-state index in [1.807, 2.05) is 0 Å². The Morgan fingerprint density at radius 2 is 2.31 bits per heavy atom. The summed E-state index contributed by atoms with van der Waals surface area (Å²) in [7, 11) is 0. The topological polar surface area (TPSA) is 54.9 Å². The lowest BCUT2D eigenvalue weighted by Gasteiger charge is -2.17. The van der Waals surface area contributed by atoms with Gasteiger partial charge in [-0.25, -0.2) is 0 Å². The number of hydrogen-bond donors (Lipinski definition) is 1. The van der Waals surface area contributed by atoms with Crippen molar-refractivity contribution in [1.82, 2.24) is 14.9 Å². The maximum absolute atomic E-state index is 12.1. The molecule has 0 aliphatic rings. The monoisotopic (exact) mass is 253 g/mol. The quantitative estimate of drug-likeness (QED) is 0.892. The predicted octanol–water partition coefficient (Wildman–Crippen LogP) is 2.00. The van der Waals surface area contributed by atoms with Crippen LogP contribution in [0.4, 0.5) is 13.2 Å².